The van der Waals surface area contributed by atoms with Crippen LogP contribution in [0.3, 0.4) is 0 Å². The summed E-state index contributed by atoms with van der Waals surface area (Å²) in [6, 6.07) is 9.69. The van der Waals surface area contributed by atoms with E-state index in [2.05, 4.69) is 5.32 Å². The quantitative estimate of drug-likeness (QED) is 0.757. The molecule has 0 aromatic heterocycles. The fraction of sp³-hybridized carbons (Fsp3) is 0.333. The Hall–Kier alpha value is -2.96. The average molecular weight is 389 g/mol. The standard InChI is InChI=1S/C21H21F2NO4/c1-13(14-3-6-16(7-4-14)28-12-19(25)26)24-20(27)21(9-2-10-21)17-8-5-15(22)11-18(17)23/h3-8,11,13H,2,9-10,12H2,1H3,(H,24,27)(H,25,26). The van der Waals surface area contributed by atoms with Gasteiger partial charge in [0.25, 0.3) is 0 Å². The highest BCUT2D eigenvalue weighted by atomic mass is 19.1. The number of aliphatic carboxylic acids is 1. The molecule has 1 amide bonds. The minimum atomic E-state index is -1.07. The highest BCUT2D eigenvalue weighted by Gasteiger charge is 2.47. The van der Waals surface area contributed by atoms with Gasteiger partial charge < -0.3 is 15.2 Å². The largest absolute Gasteiger partial charge is 0.482 e. The normalized spacial score (nSPS) is 16.0. The number of carboxylic acids is 1. The maximum Gasteiger partial charge on any atom is 0.341 e. The van der Waals surface area contributed by atoms with E-state index in [0.29, 0.717) is 18.6 Å². The van der Waals surface area contributed by atoms with E-state index >= 15 is 0 Å². The Morgan fingerprint density at radius 2 is 1.86 bits per heavy atom. The summed E-state index contributed by atoms with van der Waals surface area (Å²) in [5.41, 5.74) is 0.0451. The zero-order valence-electron chi connectivity index (χ0n) is 15.4. The third-order valence-corrected chi connectivity index (χ3v) is 5.18. The van der Waals surface area contributed by atoms with E-state index in [1.807, 2.05) is 0 Å². The number of carbonyl (C=O) groups excluding carboxylic acids is 1. The summed E-state index contributed by atoms with van der Waals surface area (Å²) in [6.07, 6.45) is 1.82. The molecule has 0 aliphatic heterocycles. The molecule has 1 atom stereocenters. The zero-order valence-corrected chi connectivity index (χ0v) is 15.4. The van der Waals surface area contributed by atoms with E-state index in [4.69, 9.17) is 9.84 Å². The molecule has 2 aromatic carbocycles. The van der Waals surface area contributed by atoms with Gasteiger partial charge in [-0.15, -0.1) is 0 Å². The number of hydrogen-bond donors (Lipinski definition) is 2. The number of carboxylic acid groups (broad SMARTS) is 1. The molecular weight excluding hydrogens is 368 g/mol. The fourth-order valence-electron chi connectivity index (χ4n) is 3.44. The fourth-order valence-corrected chi connectivity index (χ4v) is 3.44. The smallest absolute Gasteiger partial charge is 0.341 e. The minimum absolute atomic E-state index is 0.224. The van der Waals surface area contributed by atoms with Crippen LogP contribution in [0.5, 0.6) is 5.75 Å². The number of halogens is 2. The lowest BCUT2D eigenvalue weighted by Gasteiger charge is -2.41. The maximum absolute atomic E-state index is 14.3. The highest BCUT2D eigenvalue weighted by molar-refractivity contribution is 5.89. The van der Waals surface area contributed by atoms with E-state index in [-0.39, 0.29) is 17.5 Å². The molecule has 0 saturated heterocycles. The second kappa shape index (κ2) is 7.96. The van der Waals surface area contributed by atoms with E-state index < -0.39 is 29.6 Å². The molecular formula is C21H21F2NO4. The molecule has 2 aromatic rings. The summed E-state index contributed by atoms with van der Waals surface area (Å²) >= 11 is 0. The van der Waals surface area contributed by atoms with E-state index in [1.54, 1.807) is 31.2 Å². The summed E-state index contributed by atoms with van der Waals surface area (Å²) in [5.74, 6) is -2.32. The maximum atomic E-state index is 14.3. The van der Waals surface area contributed by atoms with Gasteiger partial charge in [-0.3, -0.25) is 4.79 Å². The van der Waals surface area contributed by atoms with Gasteiger partial charge in [0, 0.05) is 11.6 Å². The number of nitrogens with one attached hydrogen (secondary N) is 1. The first-order chi connectivity index (χ1) is 13.3. The SMILES string of the molecule is CC(NC(=O)C1(c2ccc(F)cc2F)CCC1)c1ccc(OCC(=O)O)cc1. The summed E-state index contributed by atoms with van der Waals surface area (Å²) in [6.45, 7) is 1.37. The van der Waals surface area contributed by atoms with Crippen LogP contribution >= 0.6 is 0 Å². The highest BCUT2D eigenvalue weighted by Crippen LogP contribution is 2.45. The molecule has 1 aliphatic carbocycles. The molecule has 0 bridgehead atoms. The van der Waals surface area contributed by atoms with Crippen LogP contribution < -0.4 is 10.1 Å². The van der Waals surface area contributed by atoms with Crippen molar-refractivity contribution >= 4 is 11.9 Å². The van der Waals surface area contributed by atoms with Gasteiger partial charge in [-0.05, 0) is 43.5 Å². The third kappa shape index (κ3) is 3.98. The van der Waals surface area contributed by atoms with Gasteiger partial charge in [0.05, 0.1) is 11.5 Å². The van der Waals surface area contributed by atoms with Gasteiger partial charge in [-0.25, -0.2) is 13.6 Å². The van der Waals surface area contributed by atoms with E-state index in [1.165, 1.54) is 12.1 Å². The Morgan fingerprint density at radius 1 is 1.18 bits per heavy atom. The van der Waals surface area contributed by atoms with Crippen LogP contribution in [0, 0.1) is 11.6 Å². The number of benzene rings is 2. The topological polar surface area (TPSA) is 75.6 Å². The molecule has 3 rings (SSSR count). The lowest BCUT2D eigenvalue weighted by atomic mass is 9.63. The summed E-state index contributed by atoms with van der Waals surface area (Å²) in [5, 5.41) is 11.5. The number of rotatable bonds is 7. The molecule has 1 fully saturated rings. The lowest BCUT2D eigenvalue weighted by Crippen LogP contribution is -2.50. The van der Waals surface area contributed by atoms with Crippen LogP contribution in [-0.2, 0) is 15.0 Å². The molecule has 0 spiro atoms. The monoisotopic (exact) mass is 389 g/mol. The molecule has 1 saturated carbocycles. The van der Waals surface area contributed by atoms with Crippen molar-refractivity contribution in [3.63, 3.8) is 0 Å². The van der Waals surface area contributed by atoms with Crippen molar-refractivity contribution in [3.05, 3.63) is 65.2 Å². The Bertz CT molecular complexity index is 878. The van der Waals surface area contributed by atoms with Crippen LogP contribution in [0.15, 0.2) is 42.5 Å². The van der Waals surface area contributed by atoms with Crippen LogP contribution in [-0.4, -0.2) is 23.6 Å². The number of carbonyl (C=O) groups is 2. The van der Waals surface area contributed by atoms with Gasteiger partial charge in [0.15, 0.2) is 6.61 Å². The number of ether oxygens (including phenoxy) is 1. The molecule has 2 N–H and O–H groups in total. The average Bonchev–Trinajstić information content (AvgIpc) is 2.61. The van der Waals surface area contributed by atoms with Crippen molar-refractivity contribution in [2.45, 2.75) is 37.6 Å². The second-order valence-corrected chi connectivity index (χ2v) is 7.01. The molecule has 1 unspecified atom stereocenters. The third-order valence-electron chi connectivity index (χ3n) is 5.18. The Labute approximate surface area is 161 Å². The Kier molecular flexibility index (Phi) is 5.63. The Balaban J connectivity index is 1.71. The zero-order chi connectivity index (χ0) is 20.3. The molecule has 1 aliphatic rings. The van der Waals surface area contributed by atoms with Gasteiger partial charge in [0.1, 0.15) is 17.4 Å². The molecule has 5 nitrogen and oxygen atoms in total. The van der Waals surface area contributed by atoms with Gasteiger partial charge in [0.2, 0.25) is 5.91 Å². The Morgan fingerprint density at radius 3 is 2.39 bits per heavy atom. The molecule has 28 heavy (non-hydrogen) atoms. The van der Waals surface area contributed by atoms with Crippen molar-refractivity contribution in [1.29, 1.82) is 0 Å². The predicted octanol–water partition coefficient (Wildman–Crippen LogP) is 3.73. The summed E-state index contributed by atoms with van der Waals surface area (Å²) < 4.78 is 32.6. The van der Waals surface area contributed by atoms with Crippen molar-refractivity contribution in [2.24, 2.45) is 0 Å². The summed E-state index contributed by atoms with van der Waals surface area (Å²) in [7, 11) is 0. The molecule has 0 heterocycles. The van der Waals surface area contributed by atoms with Gasteiger partial charge >= 0.3 is 5.97 Å². The van der Waals surface area contributed by atoms with E-state index in [0.717, 1.165) is 18.1 Å². The minimum Gasteiger partial charge on any atom is -0.482 e. The molecule has 148 valence electrons. The van der Waals surface area contributed by atoms with Crippen LogP contribution in [0.2, 0.25) is 0 Å². The van der Waals surface area contributed by atoms with Crippen LogP contribution in [0.1, 0.15) is 43.4 Å². The van der Waals surface area contributed by atoms with Crippen LogP contribution in [0.25, 0.3) is 0 Å². The lowest BCUT2D eigenvalue weighted by molar-refractivity contribution is -0.139. The van der Waals surface area contributed by atoms with Crippen molar-refractivity contribution in [1.82, 2.24) is 5.32 Å². The first kappa shape index (κ1) is 19.8. The number of hydrogen-bond acceptors (Lipinski definition) is 3. The predicted molar refractivity (Wildman–Crippen MR) is 98.0 cm³/mol. The van der Waals surface area contributed by atoms with Crippen molar-refractivity contribution in [2.75, 3.05) is 6.61 Å². The van der Waals surface area contributed by atoms with Gasteiger partial charge in [-0.1, -0.05) is 24.6 Å². The molecule has 0 radical (unpaired) electrons. The molecule has 7 heteroatoms. The first-order valence-corrected chi connectivity index (χ1v) is 9.03. The van der Waals surface area contributed by atoms with E-state index in [9.17, 15) is 18.4 Å². The number of amides is 1. The van der Waals surface area contributed by atoms with Crippen LogP contribution in [0.4, 0.5) is 8.78 Å². The van der Waals surface area contributed by atoms with Crippen molar-refractivity contribution < 1.29 is 28.2 Å². The van der Waals surface area contributed by atoms with Gasteiger partial charge in [-0.2, -0.15) is 0 Å². The second-order valence-electron chi connectivity index (χ2n) is 7.01. The summed E-state index contributed by atoms with van der Waals surface area (Å²) in [4.78, 5) is 23.5. The van der Waals surface area contributed by atoms with Crippen molar-refractivity contribution in [3.8, 4) is 5.75 Å². The first-order valence-electron chi connectivity index (χ1n) is 9.03.